The highest BCUT2D eigenvalue weighted by Gasteiger charge is 2.41. The molecule has 5 heteroatoms. The highest BCUT2D eigenvalue weighted by molar-refractivity contribution is 5.05. The zero-order valence-electron chi connectivity index (χ0n) is 10.8. The van der Waals surface area contributed by atoms with Crippen molar-refractivity contribution in [3.05, 3.63) is 11.7 Å². The van der Waals surface area contributed by atoms with Gasteiger partial charge in [-0.25, -0.2) is 0 Å². The summed E-state index contributed by atoms with van der Waals surface area (Å²) in [6, 6.07) is -0.230. The van der Waals surface area contributed by atoms with Crippen molar-refractivity contribution in [3.8, 4) is 0 Å². The van der Waals surface area contributed by atoms with Gasteiger partial charge in [-0.15, -0.1) is 0 Å². The molecule has 3 atom stereocenters. The summed E-state index contributed by atoms with van der Waals surface area (Å²) in [6.07, 6.45) is 4.27. The second-order valence-corrected chi connectivity index (χ2v) is 5.14. The number of hydrogen-bond donors (Lipinski definition) is 1. The van der Waals surface area contributed by atoms with Gasteiger partial charge in [0, 0.05) is 7.11 Å². The summed E-state index contributed by atoms with van der Waals surface area (Å²) >= 11 is 0. The fraction of sp³-hybridized carbons (Fsp3) is 0.833. The number of ether oxygens (including phenoxy) is 1. The standard InChI is InChI=1S/C12H21N3O2/c1-8-5-4-6-12(7-8,16-3)11-14-10(9(2)13)17-15-11/h8-9H,4-7,13H2,1-3H3/t8?,9-,12?/m1/s1. The molecule has 1 aliphatic rings. The summed E-state index contributed by atoms with van der Waals surface area (Å²) in [5, 5.41) is 4.05. The number of hydrogen-bond acceptors (Lipinski definition) is 5. The highest BCUT2D eigenvalue weighted by atomic mass is 16.5. The van der Waals surface area contributed by atoms with Crippen molar-refractivity contribution in [2.75, 3.05) is 7.11 Å². The highest BCUT2D eigenvalue weighted by Crippen LogP contribution is 2.41. The minimum Gasteiger partial charge on any atom is -0.370 e. The van der Waals surface area contributed by atoms with Gasteiger partial charge in [-0.1, -0.05) is 18.5 Å². The normalized spacial score (nSPS) is 31.4. The molecule has 2 N–H and O–H groups in total. The molecule has 0 aromatic carbocycles. The molecular formula is C12H21N3O2. The van der Waals surface area contributed by atoms with Gasteiger partial charge in [-0.2, -0.15) is 4.98 Å². The van der Waals surface area contributed by atoms with Crippen LogP contribution in [0, 0.1) is 5.92 Å². The zero-order valence-corrected chi connectivity index (χ0v) is 10.8. The lowest BCUT2D eigenvalue weighted by Crippen LogP contribution is -2.35. The molecule has 1 fully saturated rings. The van der Waals surface area contributed by atoms with Crippen LogP contribution >= 0.6 is 0 Å². The van der Waals surface area contributed by atoms with Crippen LogP contribution in [0.2, 0.25) is 0 Å². The maximum absolute atomic E-state index is 5.73. The zero-order chi connectivity index (χ0) is 12.5. The quantitative estimate of drug-likeness (QED) is 0.874. The SMILES string of the molecule is COC1(c2noc([C@@H](C)N)n2)CCCC(C)C1. The minimum absolute atomic E-state index is 0.230. The first kappa shape index (κ1) is 12.5. The molecule has 2 rings (SSSR count). The van der Waals surface area contributed by atoms with Gasteiger partial charge in [-0.05, 0) is 32.1 Å². The first-order valence-corrected chi connectivity index (χ1v) is 6.22. The first-order chi connectivity index (χ1) is 8.07. The van der Waals surface area contributed by atoms with Crippen molar-refractivity contribution < 1.29 is 9.26 Å². The van der Waals surface area contributed by atoms with Gasteiger partial charge in [0.2, 0.25) is 11.7 Å². The van der Waals surface area contributed by atoms with Gasteiger partial charge < -0.3 is 15.0 Å². The second kappa shape index (κ2) is 4.74. The summed E-state index contributed by atoms with van der Waals surface area (Å²) in [7, 11) is 1.72. The number of nitrogens with zero attached hydrogens (tertiary/aromatic N) is 2. The molecule has 1 saturated carbocycles. The fourth-order valence-electron chi connectivity index (χ4n) is 2.59. The van der Waals surface area contributed by atoms with E-state index in [1.807, 2.05) is 6.92 Å². The van der Waals surface area contributed by atoms with Crippen LogP contribution in [0.15, 0.2) is 4.52 Å². The number of methoxy groups -OCH3 is 1. The Balaban J connectivity index is 2.26. The largest absolute Gasteiger partial charge is 0.370 e. The van der Waals surface area contributed by atoms with Crippen LogP contribution in [0.3, 0.4) is 0 Å². The Morgan fingerprint density at radius 2 is 2.35 bits per heavy atom. The lowest BCUT2D eigenvalue weighted by atomic mass is 9.78. The summed E-state index contributed by atoms with van der Waals surface area (Å²) in [6.45, 7) is 4.07. The molecule has 0 aliphatic heterocycles. The van der Waals surface area contributed by atoms with E-state index in [1.165, 1.54) is 6.42 Å². The van der Waals surface area contributed by atoms with Crippen LogP contribution in [0.5, 0.6) is 0 Å². The summed E-state index contributed by atoms with van der Waals surface area (Å²) in [5.74, 6) is 1.76. The number of rotatable bonds is 3. The molecular weight excluding hydrogens is 218 g/mol. The summed E-state index contributed by atoms with van der Waals surface area (Å²) < 4.78 is 10.9. The molecule has 1 heterocycles. The van der Waals surface area contributed by atoms with Crippen molar-refractivity contribution in [1.82, 2.24) is 10.1 Å². The molecule has 5 nitrogen and oxygen atoms in total. The molecule has 0 saturated heterocycles. The third-order valence-electron chi connectivity index (χ3n) is 3.59. The van der Waals surface area contributed by atoms with Crippen LogP contribution in [-0.2, 0) is 10.3 Å². The van der Waals surface area contributed by atoms with E-state index in [2.05, 4.69) is 17.1 Å². The first-order valence-electron chi connectivity index (χ1n) is 6.22. The van der Waals surface area contributed by atoms with Gasteiger partial charge in [-0.3, -0.25) is 0 Å². The second-order valence-electron chi connectivity index (χ2n) is 5.14. The molecule has 0 amide bonds. The smallest absolute Gasteiger partial charge is 0.243 e. The lowest BCUT2D eigenvalue weighted by Gasteiger charge is -2.36. The maximum atomic E-state index is 5.73. The predicted molar refractivity (Wildman–Crippen MR) is 63.2 cm³/mol. The van der Waals surface area contributed by atoms with Crippen LogP contribution in [0.1, 0.15) is 57.3 Å². The van der Waals surface area contributed by atoms with Crippen LogP contribution in [0.4, 0.5) is 0 Å². The topological polar surface area (TPSA) is 74.2 Å². The van der Waals surface area contributed by atoms with E-state index >= 15 is 0 Å². The molecule has 1 aromatic heterocycles. The molecule has 1 aliphatic carbocycles. The molecule has 2 unspecified atom stereocenters. The van der Waals surface area contributed by atoms with Crippen LogP contribution in [0.25, 0.3) is 0 Å². The summed E-state index contributed by atoms with van der Waals surface area (Å²) in [4.78, 5) is 4.38. The predicted octanol–water partition coefficient (Wildman–Crippen LogP) is 2.14. The average Bonchev–Trinajstić information content (AvgIpc) is 2.78. The van der Waals surface area contributed by atoms with E-state index in [1.54, 1.807) is 7.11 Å². The van der Waals surface area contributed by atoms with Crippen molar-refractivity contribution in [1.29, 1.82) is 0 Å². The van der Waals surface area contributed by atoms with Crippen LogP contribution < -0.4 is 5.73 Å². The molecule has 0 bridgehead atoms. The van der Waals surface area contributed by atoms with E-state index in [0.29, 0.717) is 17.6 Å². The Labute approximate surface area is 102 Å². The van der Waals surface area contributed by atoms with Crippen molar-refractivity contribution in [2.45, 2.75) is 51.2 Å². The summed E-state index contributed by atoms with van der Waals surface area (Å²) in [5.41, 5.74) is 5.35. The van der Waals surface area contributed by atoms with E-state index in [-0.39, 0.29) is 11.6 Å². The Kier molecular flexibility index (Phi) is 3.49. The molecule has 17 heavy (non-hydrogen) atoms. The van der Waals surface area contributed by atoms with Gasteiger partial charge in [0.1, 0.15) is 5.60 Å². The minimum atomic E-state index is -0.381. The Hall–Kier alpha value is -0.940. The van der Waals surface area contributed by atoms with E-state index in [0.717, 1.165) is 19.3 Å². The van der Waals surface area contributed by atoms with Crippen molar-refractivity contribution in [2.24, 2.45) is 11.7 Å². The average molecular weight is 239 g/mol. The van der Waals surface area contributed by atoms with Crippen molar-refractivity contribution >= 4 is 0 Å². The molecule has 1 aromatic rings. The third kappa shape index (κ3) is 2.35. The van der Waals surface area contributed by atoms with Crippen molar-refractivity contribution in [3.63, 3.8) is 0 Å². The lowest BCUT2D eigenvalue weighted by molar-refractivity contribution is -0.0658. The fourth-order valence-corrected chi connectivity index (χ4v) is 2.59. The van der Waals surface area contributed by atoms with E-state index in [9.17, 15) is 0 Å². The Morgan fingerprint density at radius 3 is 2.88 bits per heavy atom. The van der Waals surface area contributed by atoms with Gasteiger partial charge >= 0.3 is 0 Å². The molecule has 0 spiro atoms. The van der Waals surface area contributed by atoms with Gasteiger partial charge in [0.25, 0.3) is 0 Å². The Bertz CT molecular complexity index is 378. The van der Waals surface area contributed by atoms with Crippen LogP contribution in [-0.4, -0.2) is 17.3 Å². The molecule has 0 radical (unpaired) electrons. The number of aromatic nitrogens is 2. The van der Waals surface area contributed by atoms with E-state index < -0.39 is 0 Å². The monoisotopic (exact) mass is 239 g/mol. The van der Waals surface area contributed by atoms with Gasteiger partial charge in [0.05, 0.1) is 6.04 Å². The molecule has 96 valence electrons. The Morgan fingerprint density at radius 1 is 1.59 bits per heavy atom. The number of nitrogens with two attached hydrogens (primary N) is 1. The van der Waals surface area contributed by atoms with E-state index in [4.69, 9.17) is 15.0 Å². The third-order valence-corrected chi connectivity index (χ3v) is 3.59. The van der Waals surface area contributed by atoms with Gasteiger partial charge in [0.15, 0.2) is 0 Å². The maximum Gasteiger partial charge on any atom is 0.243 e.